The highest BCUT2D eigenvalue weighted by molar-refractivity contribution is 5.57. The number of benzene rings is 1. The molecule has 0 radical (unpaired) electrons. The monoisotopic (exact) mass is 313 g/mol. The first-order valence-corrected chi connectivity index (χ1v) is 7.99. The Balaban J connectivity index is 1.56. The van der Waals surface area contributed by atoms with Crippen LogP contribution in [0.1, 0.15) is 0 Å². The van der Waals surface area contributed by atoms with Gasteiger partial charge in [-0.1, -0.05) is 18.2 Å². The van der Waals surface area contributed by atoms with Crippen molar-refractivity contribution < 1.29 is 4.74 Å². The van der Waals surface area contributed by atoms with Gasteiger partial charge >= 0.3 is 0 Å². The first kappa shape index (κ1) is 15.7. The number of hydrogen-bond donors (Lipinski definition) is 1. The summed E-state index contributed by atoms with van der Waals surface area (Å²) in [6, 6.07) is 12.0. The van der Waals surface area contributed by atoms with Crippen molar-refractivity contribution in [1.29, 1.82) is 0 Å². The number of nitrogens with one attached hydrogen (secondary N) is 1. The largest absolute Gasteiger partial charge is 0.379 e. The van der Waals surface area contributed by atoms with Gasteiger partial charge in [0.1, 0.15) is 5.82 Å². The smallest absolute Gasteiger partial charge is 0.231 e. The fraction of sp³-hybridized carbons (Fsp3) is 0.412. The molecule has 2 heterocycles. The second-order valence-corrected chi connectivity index (χ2v) is 5.52. The average molecular weight is 313 g/mol. The molecule has 1 N–H and O–H groups in total. The molecule has 0 saturated carbocycles. The Hall–Kier alpha value is -2.18. The van der Waals surface area contributed by atoms with Gasteiger partial charge in [-0.15, -0.1) is 0 Å². The molecule has 1 aliphatic heterocycles. The minimum atomic E-state index is 0.688. The van der Waals surface area contributed by atoms with Gasteiger partial charge in [0.15, 0.2) is 0 Å². The Morgan fingerprint density at radius 2 is 1.96 bits per heavy atom. The van der Waals surface area contributed by atoms with Crippen LogP contribution in [0.15, 0.2) is 42.6 Å². The molecule has 0 amide bonds. The zero-order valence-electron chi connectivity index (χ0n) is 13.5. The van der Waals surface area contributed by atoms with Gasteiger partial charge in [-0.2, -0.15) is 4.98 Å². The van der Waals surface area contributed by atoms with E-state index in [0.717, 1.165) is 50.9 Å². The van der Waals surface area contributed by atoms with Crippen molar-refractivity contribution in [2.75, 3.05) is 56.7 Å². The van der Waals surface area contributed by atoms with Crippen LogP contribution >= 0.6 is 0 Å². The van der Waals surface area contributed by atoms with Crippen molar-refractivity contribution in [3.63, 3.8) is 0 Å². The predicted molar refractivity (Wildman–Crippen MR) is 92.3 cm³/mol. The van der Waals surface area contributed by atoms with Crippen molar-refractivity contribution in [2.24, 2.45) is 0 Å². The molecule has 6 nitrogen and oxygen atoms in total. The molecule has 0 unspecified atom stereocenters. The summed E-state index contributed by atoms with van der Waals surface area (Å²) < 4.78 is 5.36. The van der Waals surface area contributed by atoms with E-state index in [1.165, 1.54) is 0 Å². The Bertz CT molecular complexity index is 601. The van der Waals surface area contributed by atoms with E-state index >= 15 is 0 Å². The molecule has 6 heteroatoms. The van der Waals surface area contributed by atoms with Gasteiger partial charge in [-0.3, -0.25) is 4.90 Å². The Morgan fingerprint density at radius 1 is 1.17 bits per heavy atom. The highest BCUT2D eigenvalue weighted by Crippen LogP contribution is 2.19. The third-order valence-electron chi connectivity index (χ3n) is 3.92. The van der Waals surface area contributed by atoms with Crippen LogP contribution in [0.3, 0.4) is 0 Å². The zero-order chi connectivity index (χ0) is 15.9. The number of hydrogen-bond acceptors (Lipinski definition) is 6. The van der Waals surface area contributed by atoms with Crippen molar-refractivity contribution >= 4 is 17.5 Å². The first-order valence-electron chi connectivity index (χ1n) is 7.99. The minimum absolute atomic E-state index is 0.688. The molecule has 1 aromatic carbocycles. The van der Waals surface area contributed by atoms with Gasteiger partial charge < -0.3 is 15.0 Å². The summed E-state index contributed by atoms with van der Waals surface area (Å²) in [6.07, 6.45) is 1.79. The molecular formula is C17H23N5O. The third kappa shape index (κ3) is 4.40. The summed E-state index contributed by atoms with van der Waals surface area (Å²) in [4.78, 5) is 13.3. The molecule has 1 fully saturated rings. The summed E-state index contributed by atoms with van der Waals surface area (Å²) in [5.74, 6) is 1.54. The fourth-order valence-corrected chi connectivity index (χ4v) is 2.54. The molecule has 2 aromatic rings. The molecule has 1 aliphatic rings. The lowest BCUT2D eigenvalue weighted by atomic mass is 10.3. The van der Waals surface area contributed by atoms with Crippen LogP contribution in [-0.4, -0.2) is 61.3 Å². The SMILES string of the molecule is CN(c1ccccc1)c1nccc(NCCN2CCOCC2)n1. The van der Waals surface area contributed by atoms with E-state index in [1.54, 1.807) is 6.20 Å². The van der Waals surface area contributed by atoms with Gasteiger partial charge in [0.05, 0.1) is 13.2 Å². The van der Waals surface area contributed by atoms with E-state index in [1.807, 2.05) is 48.3 Å². The van der Waals surface area contributed by atoms with Gasteiger partial charge in [0, 0.05) is 45.1 Å². The number of aromatic nitrogens is 2. The minimum Gasteiger partial charge on any atom is -0.379 e. The van der Waals surface area contributed by atoms with E-state index < -0.39 is 0 Å². The highest BCUT2D eigenvalue weighted by Gasteiger charge is 2.10. The van der Waals surface area contributed by atoms with Crippen molar-refractivity contribution in [3.8, 4) is 0 Å². The lowest BCUT2D eigenvalue weighted by molar-refractivity contribution is 0.0398. The molecule has 0 aliphatic carbocycles. The molecule has 0 atom stereocenters. The van der Waals surface area contributed by atoms with Crippen LogP contribution in [0.5, 0.6) is 0 Å². The number of para-hydroxylation sites is 1. The summed E-state index contributed by atoms with van der Waals surface area (Å²) in [5.41, 5.74) is 1.07. The highest BCUT2D eigenvalue weighted by atomic mass is 16.5. The maximum absolute atomic E-state index is 5.36. The van der Waals surface area contributed by atoms with Gasteiger partial charge in [0.2, 0.25) is 5.95 Å². The molecule has 3 rings (SSSR count). The normalized spacial score (nSPS) is 15.3. The van der Waals surface area contributed by atoms with Crippen LogP contribution < -0.4 is 10.2 Å². The number of morpholine rings is 1. The van der Waals surface area contributed by atoms with Gasteiger partial charge in [-0.05, 0) is 18.2 Å². The lowest BCUT2D eigenvalue weighted by Crippen LogP contribution is -2.39. The van der Waals surface area contributed by atoms with Crippen molar-refractivity contribution in [2.45, 2.75) is 0 Å². The molecule has 23 heavy (non-hydrogen) atoms. The molecule has 0 bridgehead atoms. The summed E-state index contributed by atoms with van der Waals surface area (Å²) in [7, 11) is 1.97. The maximum Gasteiger partial charge on any atom is 0.231 e. The molecule has 1 saturated heterocycles. The third-order valence-corrected chi connectivity index (χ3v) is 3.92. The van der Waals surface area contributed by atoms with E-state index in [4.69, 9.17) is 4.74 Å². The quantitative estimate of drug-likeness (QED) is 0.880. The zero-order valence-corrected chi connectivity index (χ0v) is 13.5. The van der Waals surface area contributed by atoms with Crippen molar-refractivity contribution in [1.82, 2.24) is 14.9 Å². The predicted octanol–water partition coefficient (Wildman–Crippen LogP) is 1.99. The summed E-state index contributed by atoms with van der Waals surface area (Å²) in [6.45, 7) is 5.54. The number of anilines is 3. The van der Waals surface area contributed by atoms with Crippen LogP contribution in [-0.2, 0) is 4.74 Å². The van der Waals surface area contributed by atoms with Crippen LogP contribution in [0.4, 0.5) is 17.5 Å². The number of ether oxygens (including phenoxy) is 1. The second kappa shape index (κ2) is 7.89. The van der Waals surface area contributed by atoms with Crippen LogP contribution in [0.25, 0.3) is 0 Å². The van der Waals surface area contributed by atoms with Gasteiger partial charge in [0.25, 0.3) is 0 Å². The maximum atomic E-state index is 5.36. The van der Waals surface area contributed by atoms with E-state index in [0.29, 0.717) is 5.95 Å². The van der Waals surface area contributed by atoms with E-state index in [9.17, 15) is 0 Å². The van der Waals surface area contributed by atoms with Crippen molar-refractivity contribution in [3.05, 3.63) is 42.6 Å². The molecule has 1 aromatic heterocycles. The Morgan fingerprint density at radius 3 is 2.74 bits per heavy atom. The lowest BCUT2D eigenvalue weighted by Gasteiger charge is -2.26. The Labute approximate surface area is 137 Å². The second-order valence-electron chi connectivity index (χ2n) is 5.52. The Kier molecular flexibility index (Phi) is 5.39. The first-order chi connectivity index (χ1) is 11.3. The van der Waals surface area contributed by atoms with Crippen LogP contribution in [0, 0.1) is 0 Å². The fourth-order valence-electron chi connectivity index (χ4n) is 2.54. The summed E-state index contributed by atoms with van der Waals surface area (Å²) in [5, 5.41) is 3.38. The van der Waals surface area contributed by atoms with Gasteiger partial charge in [-0.25, -0.2) is 4.98 Å². The standard InChI is InChI=1S/C17H23N5O/c1-21(15-5-3-2-4-6-15)17-19-8-7-16(20-17)18-9-10-22-11-13-23-14-12-22/h2-8H,9-14H2,1H3,(H,18,19,20). The topological polar surface area (TPSA) is 53.5 Å². The number of nitrogens with zero attached hydrogens (tertiary/aromatic N) is 4. The van der Waals surface area contributed by atoms with E-state index in [-0.39, 0.29) is 0 Å². The molecule has 0 spiro atoms. The number of rotatable bonds is 6. The van der Waals surface area contributed by atoms with Crippen LogP contribution in [0.2, 0.25) is 0 Å². The average Bonchev–Trinajstić information content (AvgIpc) is 2.63. The summed E-state index contributed by atoms with van der Waals surface area (Å²) >= 11 is 0. The molecular weight excluding hydrogens is 290 g/mol. The van der Waals surface area contributed by atoms with E-state index in [2.05, 4.69) is 20.2 Å². The molecule has 122 valence electrons.